The first kappa shape index (κ1) is 12.9. The Bertz CT molecular complexity index is 523. The maximum Gasteiger partial charge on any atom is 0.133 e. The fourth-order valence-electron chi connectivity index (χ4n) is 1.54. The molecule has 2 aromatic carbocycles. The molecule has 0 saturated carbocycles. The van der Waals surface area contributed by atoms with Gasteiger partial charge in [-0.25, -0.2) is 0 Å². The van der Waals surface area contributed by atoms with E-state index in [2.05, 4.69) is 15.9 Å². The minimum atomic E-state index is -0.0646. The maximum absolute atomic E-state index is 9.28. The van der Waals surface area contributed by atoms with Crippen LogP contribution in [0.2, 0.25) is 0 Å². The van der Waals surface area contributed by atoms with Crippen molar-refractivity contribution in [2.45, 2.75) is 6.61 Å². The quantitative estimate of drug-likeness (QED) is 0.935. The minimum Gasteiger partial charge on any atom is -0.497 e. The number of ether oxygens (including phenoxy) is 2. The molecule has 0 atom stereocenters. The topological polar surface area (TPSA) is 38.7 Å². The van der Waals surface area contributed by atoms with Gasteiger partial charge < -0.3 is 14.6 Å². The average Bonchev–Trinajstić information content (AvgIpc) is 2.41. The monoisotopic (exact) mass is 308 g/mol. The lowest BCUT2D eigenvalue weighted by Crippen LogP contribution is -1.92. The van der Waals surface area contributed by atoms with Crippen molar-refractivity contribution in [2.24, 2.45) is 0 Å². The average molecular weight is 309 g/mol. The number of hydrogen-bond acceptors (Lipinski definition) is 3. The summed E-state index contributed by atoms with van der Waals surface area (Å²) in [5.74, 6) is 2.12. The first-order valence-electron chi connectivity index (χ1n) is 5.44. The van der Waals surface area contributed by atoms with Crippen LogP contribution in [0.3, 0.4) is 0 Å². The van der Waals surface area contributed by atoms with E-state index in [0.717, 1.165) is 15.8 Å². The van der Waals surface area contributed by atoms with Gasteiger partial charge in [0, 0.05) is 10.0 Å². The zero-order valence-corrected chi connectivity index (χ0v) is 11.5. The summed E-state index contributed by atoms with van der Waals surface area (Å²) in [6.45, 7) is -0.0646. The van der Waals surface area contributed by atoms with Crippen LogP contribution in [0, 0.1) is 0 Å². The van der Waals surface area contributed by atoms with Gasteiger partial charge in [-0.3, -0.25) is 0 Å². The van der Waals surface area contributed by atoms with Gasteiger partial charge in [0.05, 0.1) is 13.7 Å². The molecule has 2 rings (SSSR count). The van der Waals surface area contributed by atoms with Crippen molar-refractivity contribution in [1.82, 2.24) is 0 Å². The van der Waals surface area contributed by atoms with Gasteiger partial charge in [-0.05, 0) is 42.5 Å². The fourth-order valence-corrected chi connectivity index (χ4v) is 1.95. The van der Waals surface area contributed by atoms with Crippen LogP contribution in [0.4, 0.5) is 0 Å². The Morgan fingerprint density at radius 3 is 2.33 bits per heavy atom. The van der Waals surface area contributed by atoms with Crippen molar-refractivity contribution in [3.8, 4) is 17.2 Å². The fraction of sp³-hybridized carbons (Fsp3) is 0.143. The second-order valence-electron chi connectivity index (χ2n) is 3.69. The molecular weight excluding hydrogens is 296 g/mol. The van der Waals surface area contributed by atoms with E-state index in [-0.39, 0.29) is 6.61 Å². The minimum absolute atomic E-state index is 0.0646. The third-order valence-corrected chi connectivity index (χ3v) is 2.97. The van der Waals surface area contributed by atoms with Crippen LogP contribution in [0.15, 0.2) is 46.9 Å². The lowest BCUT2D eigenvalue weighted by atomic mass is 10.2. The first-order chi connectivity index (χ1) is 8.72. The van der Waals surface area contributed by atoms with E-state index in [1.165, 1.54) is 0 Å². The predicted molar refractivity (Wildman–Crippen MR) is 73.1 cm³/mol. The smallest absolute Gasteiger partial charge is 0.133 e. The highest BCUT2D eigenvalue weighted by Gasteiger charge is 2.05. The molecule has 18 heavy (non-hydrogen) atoms. The molecule has 1 N–H and O–H groups in total. The molecule has 0 spiro atoms. The van der Waals surface area contributed by atoms with E-state index < -0.39 is 0 Å². The predicted octanol–water partition coefficient (Wildman–Crippen LogP) is 3.74. The second-order valence-corrected chi connectivity index (χ2v) is 4.60. The molecule has 3 nitrogen and oxygen atoms in total. The number of hydrogen-bond donors (Lipinski definition) is 1. The molecule has 4 heteroatoms. The number of rotatable bonds is 4. The van der Waals surface area contributed by atoms with Gasteiger partial charge in [-0.2, -0.15) is 0 Å². The molecule has 0 amide bonds. The highest BCUT2D eigenvalue weighted by atomic mass is 79.9. The Hall–Kier alpha value is -1.52. The van der Waals surface area contributed by atoms with Crippen molar-refractivity contribution in [1.29, 1.82) is 0 Å². The second kappa shape index (κ2) is 5.89. The van der Waals surface area contributed by atoms with Crippen LogP contribution in [0.25, 0.3) is 0 Å². The van der Waals surface area contributed by atoms with E-state index in [1.54, 1.807) is 7.11 Å². The van der Waals surface area contributed by atoms with Crippen LogP contribution < -0.4 is 9.47 Å². The molecule has 2 aromatic rings. The van der Waals surface area contributed by atoms with E-state index in [9.17, 15) is 5.11 Å². The third-order valence-electron chi connectivity index (χ3n) is 2.48. The Kier molecular flexibility index (Phi) is 4.23. The van der Waals surface area contributed by atoms with Gasteiger partial charge in [0.2, 0.25) is 0 Å². The number of halogens is 1. The lowest BCUT2D eigenvalue weighted by Gasteiger charge is -2.10. The van der Waals surface area contributed by atoms with E-state index in [1.807, 2.05) is 42.5 Å². The molecular formula is C14H13BrO3. The molecule has 0 heterocycles. The summed E-state index contributed by atoms with van der Waals surface area (Å²) in [5, 5.41) is 9.28. The molecule has 0 bridgehead atoms. The molecule has 0 unspecified atom stereocenters. The highest BCUT2D eigenvalue weighted by Crippen LogP contribution is 2.29. The van der Waals surface area contributed by atoms with Crippen LogP contribution >= 0.6 is 15.9 Å². The Morgan fingerprint density at radius 2 is 1.72 bits per heavy atom. The molecule has 94 valence electrons. The van der Waals surface area contributed by atoms with Crippen molar-refractivity contribution in [2.75, 3.05) is 7.11 Å². The SMILES string of the molecule is COc1ccc(Oc2ccc(Br)cc2CO)cc1. The maximum atomic E-state index is 9.28. The molecule has 0 aliphatic rings. The number of benzene rings is 2. The summed E-state index contributed by atoms with van der Waals surface area (Å²) in [4.78, 5) is 0. The summed E-state index contributed by atoms with van der Waals surface area (Å²) in [6.07, 6.45) is 0. The van der Waals surface area contributed by atoms with Crippen LogP contribution in [0.5, 0.6) is 17.2 Å². The largest absolute Gasteiger partial charge is 0.497 e. The van der Waals surface area contributed by atoms with Gasteiger partial charge in [-0.15, -0.1) is 0 Å². The van der Waals surface area contributed by atoms with Gasteiger partial charge >= 0.3 is 0 Å². The van der Waals surface area contributed by atoms with Gasteiger partial charge in [0.15, 0.2) is 0 Å². The molecule has 0 fully saturated rings. The van der Waals surface area contributed by atoms with Crippen LogP contribution in [-0.4, -0.2) is 12.2 Å². The Balaban J connectivity index is 2.22. The third kappa shape index (κ3) is 3.03. The van der Waals surface area contributed by atoms with Crippen LogP contribution in [0.1, 0.15) is 5.56 Å². The van der Waals surface area contributed by atoms with Crippen LogP contribution in [-0.2, 0) is 6.61 Å². The summed E-state index contributed by atoms with van der Waals surface area (Å²) in [6, 6.07) is 12.8. The van der Waals surface area contributed by atoms with Crippen molar-refractivity contribution < 1.29 is 14.6 Å². The normalized spacial score (nSPS) is 10.2. The molecule has 0 saturated heterocycles. The summed E-state index contributed by atoms with van der Waals surface area (Å²) < 4.78 is 11.7. The standard InChI is InChI=1S/C14H13BrO3/c1-17-12-3-5-13(6-4-12)18-14-7-2-11(15)8-10(14)9-16/h2-8,16H,9H2,1H3. The lowest BCUT2D eigenvalue weighted by molar-refractivity contribution is 0.276. The van der Waals surface area contributed by atoms with E-state index in [0.29, 0.717) is 11.5 Å². The van der Waals surface area contributed by atoms with E-state index >= 15 is 0 Å². The zero-order valence-electron chi connectivity index (χ0n) is 9.89. The molecule has 0 radical (unpaired) electrons. The summed E-state index contributed by atoms with van der Waals surface area (Å²) in [5.41, 5.74) is 0.736. The first-order valence-corrected chi connectivity index (χ1v) is 6.23. The summed E-state index contributed by atoms with van der Waals surface area (Å²) >= 11 is 3.36. The van der Waals surface area contributed by atoms with Gasteiger partial charge in [0.25, 0.3) is 0 Å². The van der Waals surface area contributed by atoms with Gasteiger partial charge in [-0.1, -0.05) is 15.9 Å². The molecule has 0 aliphatic heterocycles. The van der Waals surface area contributed by atoms with E-state index in [4.69, 9.17) is 9.47 Å². The summed E-state index contributed by atoms with van der Waals surface area (Å²) in [7, 11) is 1.62. The van der Waals surface area contributed by atoms with Gasteiger partial charge in [0.1, 0.15) is 17.2 Å². The molecule has 0 aliphatic carbocycles. The van der Waals surface area contributed by atoms with Crippen molar-refractivity contribution in [3.05, 3.63) is 52.5 Å². The zero-order chi connectivity index (χ0) is 13.0. The highest BCUT2D eigenvalue weighted by molar-refractivity contribution is 9.10. The van der Waals surface area contributed by atoms with Crippen molar-refractivity contribution >= 4 is 15.9 Å². The number of methoxy groups -OCH3 is 1. The molecule has 0 aromatic heterocycles. The van der Waals surface area contributed by atoms with Crippen molar-refractivity contribution in [3.63, 3.8) is 0 Å². The number of aliphatic hydroxyl groups excluding tert-OH is 1. The Morgan fingerprint density at radius 1 is 1.06 bits per heavy atom. The Labute approximate surface area is 114 Å². The number of aliphatic hydroxyl groups is 1.